The van der Waals surface area contributed by atoms with Gasteiger partial charge in [0.1, 0.15) is 0 Å². The summed E-state index contributed by atoms with van der Waals surface area (Å²) < 4.78 is 0. The number of nitrogens with zero attached hydrogens (tertiary/aromatic N) is 1. The lowest BCUT2D eigenvalue weighted by molar-refractivity contribution is 0.873. The van der Waals surface area contributed by atoms with Crippen LogP contribution >= 0.6 is 23.4 Å². The van der Waals surface area contributed by atoms with Crippen molar-refractivity contribution >= 4 is 34.7 Å². The fraction of sp³-hybridized carbons (Fsp3) is 0.200. The molecule has 0 bridgehead atoms. The molecule has 2 aromatic rings. The van der Waals surface area contributed by atoms with E-state index in [1.54, 1.807) is 0 Å². The summed E-state index contributed by atoms with van der Waals surface area (Å²) in [5.74, 6) is 0. The van der Waals surface area contributed by atoms with Gasteiger partial charge in [0.05, 0.1) is 11.4 Å². The van der Waals surface area contributed by atoms with Gasteiger partial charge in [0.25, 0.3) is 0 Å². The maximum atomic E-state index is 6.20. The first-order valence-corrected chi connectivity index (χ1v) is 7.28. The van der Waals surface area contributed by atoms with Gasteiger partial charge in [-0.1, -0.05) is 36.0 Å². The third-order valence-corrected chi connectivity index (χ3v) is 4.23. The molecule has 0 saturated heterocycles. The molecule has 0 fully saturated rings. The molecule has 92 valence electrons. The summed E-state index contributed by atoms with van der Waals surface area (Å²) in [7, 11) is 0. The van der Waals surface area contributed by atoms with Crippen molar-refractivity contribution in [3.8, 4) is 0 Å². The lowest BCUT2D eigenvalue weighted by Gasteiger charge is -2.33. The van der Waals surface area contributed by atoms with E-state index in [4.69, 9.17) is 11.6 Å². The van der Waals surface area contributed by atoms with Crippen LogP contribution in [0.15, 0.2) is 58.3 Å². The first kappa shape index (κ1) is 11.9. The summed E-state index contributed by atoms with van der Waals surface area (Å²) in [6.07, 6.45) is 0. The fourth-order valence-corrected chi connectivity index (χ4v) is 3.46. The van der Waals surface area contributed by atoms with E-state index in [2.05, 4.69) is 53.4 Å². The molecule has 1 aliphatic rings. The highest BCUT2D eigenvalue weighted by molar-refractivity contribution is 7.99. The van der Waals surface area contributed by atoms with Crippen LogP contribution in [0.25, 0.3) is 0 Å². The monoisotopic (exact) mass is 275 g/mol. The molecule has 1 aliphatic heterocycles. The van der Waals surface area contributed by atoms with Crippen molar-refractivity contribution in [1.29, 1.82) is 0 Å². The van der Waals surface area contributed by atoms with Gasteiger partial charge in [0.15, 0.2) is 0 Å². The highest BCUT2D eigenvalue weighted by Crippen LogP contribution is 2.47. The maximum Gasteiger partial charge on any atom is 0.0553 e. The third-order valence-electron chi connectivity index (χ3n) is 2.97. The van der Waals surface area contributed by atoms with Crippen LogP contribution in [-0.2, 0) is 0 Å². The fourth-order valence-electron chi connectivity index (χ4n) is 2.23. The second kappa shape index (κ2) is 4.87. The number of halogens is 1. The van der Waals surface area contributed by atoms with Crippen LogP contribution in [0, 0.1) is 0 Å². The number of alkyl halides is 1. The molecule has 2 aromatic carbocycles. The molecule has 0 N–H and O–H groups in total. The highest BCUT2D eigenvalue weighted by atomic mass is 35.5. The van der Waals surface area contributed by atoms with Crippen molar-refractivity contribution in [1.82, 2.24) is 0 Å². The number of fused-ring (bicyclic) bond motifs is 2. The summed E-state index contributed by atoms with van der Waals surface area (Å²) in [4.78, 5) is 4.92. The van der Waals surface area contributed by atoms with Crippen LogP contribution in [-0.4, -0.2) is 11.9 Å². The number of hydrogen-bond donors (Lipinski definition) is 0. The van der Waals surface area contributed by atoms with Gasteiger partial charge in [-0.25, -0.2) is 0 Å². The van der Waals surface area contributed by atoms with Crippen molar-refractivity contribution in [3.63, 3.8) is 0 Å². The van der Waals surface area contributed by atoms with Gasteiger partial charge < -0.3 is 4.90 Å². The zero-order valence-electron chi connectivity index (χ0n) is 10.1. The molecule has 0 spiro atoms. The normalized spacial score (nSPS) is 14.9. The highest BCUT2D eigenvalue weighted by Gasteiger charge is 2.23. The molecule has 1 atom stereocenters. The molecule has 3 rings (SSSR count). The van der Waals surface area contributed by atoms with Gasteiger partial charge in [-0.05, 0) is 31.2 Å². The predicted octanol–water partition coefficient (Wildman–Crippen LogP) is 4.92. The minimum Gasteiger partial charge on any atom is -0.338 e. The molecule has 1 nitrogen and oxygen atoms in total. The van der Waals surface area contributed by atoms with Crippen LogP contribution in [0.5, 0.6) is 0 Å². The van der Waals surface area contributed by atoms with Gasteiger partial charge in [0.2, 0.25) is 0 Å². The molecule has 0 aromatic heterocycles. The Balaban J connectivity index is 2.11. The topological polar surface area (TPSA) is 3.24 Å². The Morgan fingerprint density at radius 3 is 2.00 bits per heavy atom. The summed E-state index contributed by atoms with van der Waals surface area (Å²) in [5, 5.41) is 0.120. The third kappa shape index (κ3) is 2.11. The van der Waals surface area contributed by atoms with Crippen molar-refractivity contribution < 1.29 is 0 Å². The molecule has 0 aliphatic carbocycles. The number of hydrogen-bond acceptors (Lipinski definition) is 2. The average Bonchev–Trinajstić information content (AvgIpc) is 2.38. The maximum absolute atomic E-state index is 6.20. The number of para-hydroxylation sites is 2. The average molecular weight is 276 g/mol. The lowest BCUT2D eigenvalue weighted by atomic mass is 10.2. The molecule has 0 radical (unpaired) electrons. The lowest BCUT2D eigenvalue weighted by Crippen LogP contribution is -2.26. The molecule has 18 heavy (non-hydrogen) atoms. The largest absolute Gasteiger partial charge is 0.338 e. The molecule has 0 amide bonds. The van der Waals surface area contributed by atoms with Crippen molar-refractivity contribution in [3.05, 3.63) is 48.5 Å². The molecular weight excluding hydrogens is 262 g/mol. The van der Waals surface area contributed by atoms with E-state index in [0.29, 0.717) is 0 Å². The summed E-state index contributed by atoms with van der Waals surface area (Å²) in [6.45, 7) is 2.87. The number of benzene rings is 2. The van der Waals surface area contributed by atoms with Crippen LogP contribution in [0.1, 0.15) is 6.92 Å². The van der Waals surface area contributed by atoms with E-state index in [1.165, 1.54) is 21.2 Å². The Labute approximate surface area is 117 Å². The Morgan fingerprint density at radius 1 is 1.00 bits per heavy atom. The van der Waals surface area contributed by atoms with E-state index < -0.39 is 0 Å². The molecule has 1 heterocycles. The van der Waals surface area contributed by atoms with Crippen LogP contribution in [0.3, 0.4) is 0 Å². The molecule has 3 heteroatoms. The Bertz CT molecular complexity index is 522. The number of rotatable bonds is 2. The van der Waals surface area contributed by atoms with Gasteiger partial charge in [-0.2, -0.15) is 0 Å². The van der Waals surface area contributed by atoms with Gasteiger partial charge in [-0.3, -0.25) is 0 Å². The minimum atomic E-state index is 0.120. The van der Waals surface area contributed by atoms with E-state index >= 15 is 0 Å². The van der Waals surface area contributed by atoms with Crippen LogP contribution in [0.2, 0.25) is 0 Å². The first-order chi connectivity index (χ1) is 8.75. The smallest absolute Gasteiger partial charge is 0.0553 e. The van der Waals surface area contributed by atoms with E-state index in [0.717, 1.165) is 6.54 Å². The molecular formula is C15H14ClNS. The molecule has 0 saturated carbocycles. The molecule has 1 unspecified atom stereocenters. The van der Waals surface area contributed by atoms with Crippen molar-refractivity contribution in [2.75, 3.05) is 11.4 Å². The zero-order chi connectivity index (χ0) is 12.5. The summed E-state index contributed by atoms with van der Waals surface area (Å²) in [5.41, 5.74) is 2.52. The Kier molecular flexibility index (Phi) is 3.23. The van der Waals surface area contributed by atoms with Crippen LogP contribution in [0.4, 0.5) is 11.4 Å². The van der Waals surface area contributed by atoms with Crippen LogP contribution < -0.4 is 4.90 Å². The van der Waals surface area contributed by atoms with Gasteiger partial charge >= 0.3 is 0 Å². The summed E-state index contributed by atoms with van der Waals surface area (Å²) >= 11 is 8.02. The Morgan fingerprint density at radius 2 is 1.50 bits per heavy atom. The minimum absolute atomic E-state index is 0.120. The number of anilines is 2. The van der Waals surface area contributed by atoms with Crippen molar-refractivity contribution in [2.24, 2.45) is 0 Å². The van der Waals surface area contributed by atoms with Gasteiger partial charge in [0, 0.05) is 21.7 Å². The van der Waals surface area contributed by atoms with E-state index in [9.17, 15) is 0 Å². The zero-order valence-corrected chi connectivity index (χ0v) is 11.7. The van der Waals surface area contributed by atoms with Crippen molar-refractivity contribution in [2.45, 2.75) is 22.1 Å². The van der Waals surface area contributed by atoms with Gasteiger partial charge in [-0.15, -0.1) is 11.6 Å². The quantitative estimate of drug-likeness (QED) is 0.716. The van der Waals surface area contributed by atoms with E-state index in [-0.39, 0.29) is 5.38 Å². The predicted molar refractivity (Wildman–Crippen MR) is 79.3 cm³/mol. The second-order valence-electron chi connectivity index (χ2n) is 4.43. The van der Waals surface area contributed by atoms with E-state index in [1.807, 2.05) is 18.7 Å². The summed E-state index contributed by atoms with van der Waals surface area (Å²) in [6, 6.07) is 17.0. The first-order valence-electron chi connectivity index (χ1n) is 6.03. The Hall–Kier alpha value is -1.12. The standard InChI is InChI=1S/C15H14ClNS/c1-11(16)10-17-12-6-2-4-8-14(12)18-15-9-5-3-7-13(15)17/h2-9,11H,10H2,1H3. The SMILES string of the molecule is CC(Cl)CN1c2ccccc2Sc2ccccc21. The second-order valence-corrected chi connectivity index (χ2v) is 6.26.